The molecule has 0 saturated carbocycles. The minimum atomic E-state index is 0.240. The Morgan fingerprint density at radius 1 is 1.47 bits per heavy atom. The molecule has 0 amide bonds. The first kappa shape index (κ1) is 14.2. The summed E-state index contributed by atoms with van der Waals surface area (Å²) in [6, 6.07) is 0. The molecular formula is C13H26N4. The van der Waals surface area contributed by atoms with Crippen LogP contribution < -0.4 is 5.32 Å². The summed E-state index contributed by atoms with van der Waals surface area (Å²) in [4.78, 5) is 6.62. The zero-order chi connectivity index (χ0) is 12.9. The van der Waals surface area contributed by atoms with Gasteiger partial charge in [0, 0.05) is 38.1 Å². The number of aromatic nitrogens is 2. The van der Waals surface area contributed by atoms with Crippen LogP contribution in [0.25, 0.3) is 0 Å². The second-order valence-corrected chi connectivity index (χ2v) is 5.36. The van der Waals surface area contributed by atoms with E-state index in [0.717, 1.165) is 31.9 Å². The molecule has 0 spiro atoms. The summed E-state index contributed by atoms with van der Waals surface area (Å²) in [6.07, 6.45) is 4.99. The quantitative estimate of drug-likeness (QED) is 0.784. The summed E-state index contributed by atoms with van der Waals surface area (Å²) in [5.41, 5.74) is 0.240. The van der Waals surface area contributed by atoms with Gasteiger partial charge in [0.1, 0.15) is 5.82 Å². The highest BCUT2D eigenvalue weighted by Gasteiger charge is 2.13. The van der Waals surface area contributed by atoms with Gasteiger partial charge in [-0.2, -0.15) is 0 Å². The second-order valence-electron chi connectivity index (χ2n) is 5.36. The molecule has 0 aliphatic rings. The van der Waals surface area contributed by atoms with E-state index in [2.05, 4.69) is 47.6 Å². The lowest BCUT2D eigenvalue weighted by molar-refractivity contribution is 0.286. The highest BCUT2D eigenvalue weighted by molar-refractivity contribution is 4.90. The maximum Gasteiger partial charge on any atom is 0.122 e. The van der Waals surface area contributed by atoms with E-state index in [1.165, 1.54) is 0 Å². The van der Waals surface area contributed by atoms with Crippen molar-refractivity contribution in [3.05, 3.63) is 18.2 Å². The minimum Gasteiger partial charge on any atom is -0.337 e. The van der Waals surface area contributed by atoms with Crippen LogP contribution in [0, 0.1) is 0 Å². The molecule has 1 heterocycles. The van der Waals surface area contributed by atoms with Gasteiger partial charge in [-0.25, -0.2) is 4.98 Å². The summed E-state index contributed by atoms with van der Waals surface area (Å²) in [5, 5.41) is 3.56. The maximum absolute atomic E-state index is 4.33. The Morgan fingerprint density at radius 3 is 2.71 bits per heavy atom. The second kappa shape index (κ2) is 6.17. The SMILES string of the molecule is CCC(C)(C)NCCN(C)Cc1nccn1C. The molecule has 0 fully saturated rings. The van der Waals surface area contributed by atoms with Crippen LogP contribution in [0.2, 0.25) is 0 Å². The molecule has 0 aromatic carbocycles. The predicted molar refractivity (Wildman–Crippen MR) is 71.9 cm³/mol. The molecule has 1 aromatic rings. The normalized spacial score (nSPS) is 12.4. The summed E-state index contributed by atoms with van der Waals surface area (Å²) < 4.78 is 2.07. The van der Waals surface area contributed by atoms with Gasteiger partial charge >= 0.3 is 0 Å². The molecule has 17 heavy (non-hydrogen) atoms. The molecule has 98 valence electrons. The number of hydrogen-bond acceptors (Lipinski definition) is 3. The first-order valence-electron chi connectivity index (χ1n) is 6.34. The number of aryl methyl sites for hydroxylation is 1. The number of hydrogen-bond donors (Lipinski definition) is 1. The average Bonchev–Trinajstić information content (AvgIpc) is 2.64. The van der Waals surface area contributed by atoms with Crippen LogP contribution in [0.15, 0.2) is 12.4 Å². The van der Waals surface area contributed by atoms with Gasteiger partial charge in [-0.05, 0) is 27.3 Å². The van der Waals surface area contributed by atoms with Crippen LogP contribution in [-0.4, -0.2) is 40.1 Å². The first-order valence-corrected chi connectivity index (χ1v) is 6.34. The van der Waals surface area contributed by atoms with Crippen LogP contribution >= 0.6 is 0 Å². The van der Waals surface area contributed by atoms with Crippen molar-refractivity contribution in [2.75, 3.05) is 20.1 Å². The van der Waals surface area contributed by atoms with Crippen LogP contribution in [0.3, 0.4) is 0 Å². The summed E-state index contributed by atoms with van der Waals surface area (Å²) >= 11 is 0. The molecule has 0 aliphatic carbocycles. The van der Waals surface area contributed by atoms with Crippen molar-refractivity contribution in [3.63, 3.8) is 0 Å². The Bertz CT molecular complexity index is 330. The Morgan fingerprint density at radius 2 is 2.18 bits per heavy atom. The lowest BCUT2D eigenvalue weighted by Crippen LogP contribution is -2.42. The molecule has 0 saturated heterocycles. The van der Waals surface area contributed by atoms with Gasteiger partial charge in [-0.3, -0.25) is 4.90 Å². The van der Waals surface area contributed by atoms with Gasteiger partial charge in [-0.1, -0.05) is 6.92 Å². The molecule has 4 heteroatoms. The number of likely N-dealkylation sites (N-methyl/N-ethyl adjacent to an activating group) is 1. The number of nitrogens with zero attached hydrogens (tertiary/aromatic N) is 3. The van der Waals surface area contributed by atoms with Crippen molar-refractivity contribution < 1.29 is 0 Å². The maximum atomic E-state index is 4.33. The first-order chi connectivity index (χ1) is 7.94. The van der Waals surface area contributed by atoms with Crippen LogP contribution in [0.5, 0.6) is 0 Å². The Hall–Kier alpha value is -0.870. The van der Waals surface area contributed by atoms with Crippen molar-refractivity contribution in [2.24, 2.45) is 7.05 Å². The number of nitrogens with one attached hydrogen (secondary N) is 1. The van der Waals surface area contributed by atoms with Crippen LogP contribution in [-0.2, 0) is 13.6 Å². The largest absolute Gasteiger partial charge is 0.337 e. The topological polar surface area (TPSA) is 33.1 Å². The van der Waals surface area contributed by atoms with E-state index in [1.807, 2.05) is 19.4 Å². The van der Waals surface area contributed by atoms with E-state index in [-0.39, 0.29) is 5.54 Å². The van der Waals surface area contributed by atoms with E-state index in [9.17, 15) is 0 Å². The molecule has 1 rings (SSSR count). The zero-order valence-electron chi connectivity index (χ0n) is 11.8. The van der Waals surface area contributed by atoms with Gasteiger partial charge in [0.2, 0.25) is 0 Å². The van der Waals surface area contributed by atoms with E-state index in [1.54, 1.807) is 0 Å². The standard InChI is InChI=1S/C13H26N4/c1-6-13(2,3)15-8-9-16(4)11-12-14-7-10-17(12)5/h7,10,15H,6,8-9,11H2,1-5H3. The van der Waals surface area contributed by atoms with Gasteiger partial charge in [0.15, 0.2) is 0 Å². The summed E-state index contributed by atoms with van der Waals surface area (Å²) in [6.45, 7) is 9.65. The van der Waals surface area contributed by atoms with E-state index >= 15 is 0 Å². The summed E-state index contributed by atoms with van der Waals surface area (Å²) in [7, 11) is 4.17. The smallest absolute Gasteiger partial charge is 0.122 e. The lowest BCUT2D eigenvalue weighted by Gasteiger charge is -2.26. The molecular weight excluding hydrogens is 212 g/mol. The average molecular weight is 238 g/mol. The zero-order valence-corrected chi connectivity index (χ0v) is 11.8. The third-order valence-corrected chi connectivity index (χ3v) is 3.31. The van der Waals surface area contributed by atoms with Gasteiger partial charge < -0.3 is 9.88 Å². The van der Waals surface area contributed by atoms with Crippen molar-refractivity contribution in [1.29, 1.82) is 0 Å². The molecule has 0 bridgehead atoms. The fraction of sp³-hybridized carbons (Fsp3) is 0.769. The molecule has 0 radical (unpaired) electrons. The fourth-order valence-corrected chi connectivity index (χ4v) is 1.58. The highest BCUT2D eigenvalue weighted by Crippen LogP contribution is 2.06. The van der Waals surface area contributed by atoms with Gasteiger partial charge in [0.25, 0.3) is 0 Å². The van der Waals surface area contributed by atoms with Gasteiger partial charge in [-0.15, -0.1) is 0 Å². The lowest BCUT2D eigenvalue weighted by atomic mass is 10.0. The summed E-state index contributed by atoms with van der Waals surface area (Å²) in [5.74, 6) is 1.11. The Kier molecular flexibility index (Phi) is 5.15. The van der Waals surface area contributed by atoms with E-state index < -0.39 is 0 Å². The monoisotopic (exact) mass is 238 g/mol. The van der Waals surface area contributed by atoms with E-state index in [4.69, 9.17) is 0 Å². The predicted octanol–water partition coefficient (Wildman–Crippen LogP) is 1.63. The van der Waals surface area contributed by atoms with Gasteiger partial charge in [0.05, 0.1) is 6.54 Å². The molecule has 0 unspecified atom stereocenters. The van der Waals surface area contributed by atoms with Crippen molar-refractivity contribution in [3.8, 4) is 0 Å². The van der Waals surface area contributed by atoms with Crippen molar-refractivity contribution in [1.82, 2.24) is 19.8 Å². The van der Waals surface area contributed by atoms with Crippen LogP contribution in [0.4, 0.5) is 0 Å². The number of imidazole rings is 1. The van der Waals surface area contributed by atoms with Crippen molar-refractivity contribution >= 4 is 0 Å². The highest BCUT2D eigenvalue weighted by atomic mass is 15.2. The molecule has 1 aromatic heterocycles. The Labute approximate surface area is 105 Å². The minimum absolute atomic E-state index is 0.240. The fourth-order valence-electron chi connectivity index (χ4n) is 1.58. The third kappa shape index (κ3) is 4.88. The molecule has 0 aliphatic heterocycles. The molecule has 1 N–H and O–H groups in total. The van der Waals surface area contributed by atoms with E-state index in [0.29, 0.717) is 0 Å². The third-order valence-electron chi connectivity index (χ3n) is 3.31. The number of rotatable bonds is 7. The Balaban J connectivity index is 2.27. The van der Waals surface area contributed by atoms with Crippen LogP contribution in [0.1, 0.15) is 33.0 Å². The molecule has 4 nitrogen and oxygen atoms in total. The van der Waals surface area contributed by atoms with Crippen molar-refractivity contribution in [2.45, 2.75) is 39.3 Å². The molecule has 0 atom stereocenters.